The third kappa shape index (κ3) is 4.12. The number of hydrogen-bond acceptors (Lipinski definition) is 5. The Balaban J connectivity index is 0.00000220. The molecule has 116 valence electrons. The zero-order valence-corrected chi connectivity index (χ0v) is 12.8. The van der Waals surface area contributed by atoms with Crippen LogP contribution in [0.1, 0.15) is 29.4 Å². The molecule has 2 atom stereocenters. The van der Waals surface area contributed by atoms with Crippen LogP contribution in [-0.4, -0.2) is 34.9 Å². The fourth-order valence-corrected chi connectivity index (χ4v) is 2.28. The van der Waals surface area contributed by atoms with Crippen molar-refractivity contribution in [2.75, 3.05) is 13.1 Å². The number of aromatic nitrogens is 1. The lowest BCUT2D eigenvalue weighted by Gasteiger charge is -2.30. The molecular formula is C13H19ClN4O3. The maximum atomic E-state index is 12.3. The van der Waals surface area contributed by atoms with Gasteiger partial charge in [-0.3, -0.25) is 19.9 Å². The van der Waals surface area contributed by atoms with Crippen molar-refractivity contribution >= 4 is 24.0 Å². The third-order valence-corrected chi connectivity index (χ3v) is 3.67. The number of pyridine rings is 1. The number of amides is 1. The Hall–Kier alpha value is -1.73. The molecular weight excluding hydrogens is 296 g/mol. The number of nitrogens with zero attached hydrogens (tertiary/aromatic N) is 2. The molecule has 0 radical (unpaired) electrons. The molecule has 8 heteroatoms. The molecule has 1 amide bonds. The van der Waals surface area contributed by atoms with E-state index < -0.39 is 4.92 Å². The smallest absolute Gasteiger partial charge is 0.288 e. The van der Waals surface area contributed by atoms with Gasteiger partial charge in [0.05, 0.1) is 16.2 Å². The summed E-state index contributed by atoms with van der Waals surface area (Å²) in [5, 5.41) is 16.9. The van der Waals surface area contributed by atoms with Gasteiger partial charge in [0.1, 0.15) is 6.20 Å². The van der Waals surface area contributed by atoms with Crippen LogP contribution in [-0.2, 0) is 0 Å². The second kappa shape index (κ2) is 7.33. The molecule has 0 aliphatic carbocycles. The summed E-state index contributed by atoms with van der Waals surface area (Å²) in [6.07, 6.45) is 2.16. The lowest BCUT2D eigenvalue weighted by atomic mass is 9.94. The molecule has 0 spiro atoms. The maximum Gasteiger partial charge on any atom is 0.288 e. The number of nitro groups is 1. The number of piperidine rings is 1. The topological polar surface area (TPSA) is 97.2 Å². The fourth-order valence-electron chi connectivity index (χ4n) is 2.28. The van der Waals surface area contributed by atoms with E-state index in [-0.39, 0.29) is 35.6 Å². The van der Waals surface area contributed by atoms with E-state index in [4.69, 9.17) is 0 Å². The van der Waals surface area contributed by atoms with E-state index in [2.05, 4.69) is 22.5 Å². The van der Waals surface area contributed by atoms with Crippen LogP contribution in [0.5, 0.6) is 0 Å². The van der Waals surface area contributed by atoms with E-state index in [9.17, 15) is 14.9 Å². The largest absolute Gasteiger partial charge is 0.348 e. The van der Waals surface area contributed by atoms with E-state index >= 15 is 0 Å². The minimum Gasteiger partial charge on any atom is -0.348 e. The van der Waals surface area contributed by atoms with E-state index in [0.717, 1.165) is 19.2 Å². The Morgan fingerprint density at radius 2 is 2.29 bits per heavy atom. The quantitative estimate of drug-likeness (QED) is 0.650. The van der Waals surface area contributed by atoms with Gasteiger partial charge in [0.15, 0.2) is 0 Å². The van der Waals surface area contributed by atoms with E-state index in [0.29, 0.717) is 18.2 Å². The van der Waals surface area contributed by atoms with Crippen molar-refractivity contribution < 1.29 is 9.72 Å². The van der Waals surface area contributed by atoms with Crippen LogP contribution in [0.25, 0.3) is 0 Å². The monoisotopic (exact) mass is 314 g/mol. The van der Waals surface area contributed by atoms with Gasteiger partial charge >= 0.3 is 0 Å². The van der Waals surface area contributed by atoms with Crippen LogP contribution in [0.15, 0.2) is 12.3 Å². The summed E-state index contributed by atoms with van der Waals surface area (Å²) in [5.41, 5.74) is 0.581. The molecule has 2 unspecified atom stereocenters. The van der Waals surface area contributed by atoms with Gasteiger partial charge in [-0.25, -0.2) is 0 Å². The average Bonchev–Trinajstić information content (AvgIpc) is 2.41. The van der Waals surface area contributed by atoms with Crippen molar-refractivity contribution in [3.63, 3.8) is 0 Å². The summed E-state index contributed by atoms with van der Waals surface area (Å²) >= 11 is 0. The molecule has 1 aromatic heterocycles. The van der Waals surface area contributed by atoms with E-state index in [1.807, 2.05) is 0 Å². The first-order valence-corrected chi connectivity index (χ1v) is 6.61. The van der Waals surface area contributed by atoms with Gasteiger partial charge in [-0.1, -0.05) is 6.92 Å². The summed E-state index contributed by atoms with van der Waals surface area (Å²) < 4.78 is 0. The Bertz CT molecular complexity index is 538. The Morgan fingerprint density at radius 3 is 2.90 bits per heavy atom. The highest BCUT2D eigenvalue weighted by Crippen LogP contribution is 2.16. The highest BCUT2D eigenvalue weighted by atomic mass is 35.5. The van der Waals surface area contributed by atoms with Crippen LogP contribution in [0, 0.1) is 23.0 Å². The number of rotatable bonds is 3. The number of nitrogens with one attached hydrogen (secondary N) is 2. The van der Waals surface area contributed by atoms with Crippen molar-refractivity contribution in [2.45, 2.75) is 26.3 Å². The third-order valence-electron chi connectivity index (χ3n) is 3.67. The molecule has 0 aromatic carbocycles. The first-order valence-electron chi connectivity index (χ1n) is 6.61. The summed E-state index contributed by atoms with van der Waals surface area (Å²) in [5.74, 6) is 0.0754. The van der Waals surface area contributed by atoms with Crippen molar-refractivity contribution in [1.82, 2.24) is 15.6 Å². The molecule has 1 aromatic rings. The van der Waals surface area contributed by atoms with Crippen LogP contribution >= 0.6 is 12.4 Å². The van der Waals surface area contributed by atoms with Crippen LogP contribution in [0.4, 0.5) is 5.69 Å². The highest BCUT2D eigenvalue weighted by molar-refractivity contribution is 5.96. The van der Waals surface area contributed by atoms with Crippen LogP contribution in [0.3, 0.4) is 0 Å². The molecule has 1 saturated heterocycles. The zero-order chi connectivity index (χ0) is 14.7. The fraction of sp³-hybridized carbons (Fsp3) is 0.538. The van der Waals surface area contributed by atoms with Crippen molar-refractivity contribution in [2.24, 2.45) is 5.92 Å². The lowest BCUT2D eigenvalue weighted by Crippen LogP contribution is -2.50. The van der Waals surface area contributed by atoms with Crippen molar-refractivity contribution in [1.29, 1.82) is 0 Å². The highest BCUT2D eigenvalue weighted by Gasteiger charge is 2.24. The summed E-state index contributed by atoms with van der Waals surface area (Å²) in [7, 11) is 0. The summed E-state index contributed by atoms with van der Waals surface area (Å²) in [6, 6.07) is 1.31. The van der Waals surface area contributed by atoms with Gasteiger partial charge in [-0.2, -0.15) is 0 Å². The van der Waals surface area contributed by atoms with E-state index in [1.54, 1.807) is 6.92 Å². The van der Waals surface area contributed by atoms with Crippen LogP contribution in [0.2, 0.25) is 0 Å². The number of halogens is 1. The second-order valence-corrected chi connectivity index (χ2v) is 5.13. The van der Waals surface area contributed by atoms with Gasteiger partial charge in [0.25, 0.3) is 11.6 Å². The zero-order valence-electron chi connectivity index (χ0n) is 12.0. The molecule has 1 fully saturated rings. The molecule has 2 N–H and O–H groups in total. The standard InChI is InChI=1S/C13H18N4O3.ClH/c1-8-3-4-14-7-12(8)16-13(18)11-5-10(17(19)20)6-15-9(11)2;/h5-6,8,12,14H,3-4,7H2,1-2H3,(H,16,18);1H. The minimum atomic E-state index is -0.548. The normalized spacial score (nSPS) is 21.2. The molecule has 0 bridgehead atoms. The van der Waals surface area contributed by atoms with Gasteiger partial charge < -0.3 is 10.6 Å². The lowest BCUT2D eigenvalue weighted by molar-refractivity contribution is -0.385. The van der Waals surface area contributed by atoms with Gasteiger partial charge in [-0.05, 0) is 25.8 Å². The number of aryl methyl sites for hydroxylation is 1. The molecule has 1 aliphatic heterocycles. The van der Waals surface area contributed by atoms with Gasteiger partial charge in [0.2, 0.25) is 0 Å². The predicted octanol–water partition coefficient (Wildman–Crippen LogP) is 1.45. The number of carbonyl (C=O) groups excluding carboxylic acids is 1. The number of carbonyl (C=O) groups is 1. The van der Waals surface area contributed by atoms with Crippen molar-refractivity contribution in [3.8, 4) is 0 Å². The van der Waals surface area contributed by atoms with Gasteiger partial charge in [0, 0.05) is 18.7 Å². The maximum absolute atomic E-state index is 12.3. The molecule has 7 nitrogen and oxygen atoms in total. The SMILES string of the molecule is Cc1ncc([N+](=O)[O-])cc1C(=O)NC1CNCCC1C.Cl. The van der Waals surface area contributed by atoms with Crippen molar-refractivity contribution in [3.05, 3.63) is 33.6 Å². The minimum absolute atomic E-state index is 0. The Kier molecular flexibility index (Phi) is 6.04. The van der Waals surface area contributed by atoms with E-state index in [1.165, 1.54) is 6.07 Å². The average molecular weight is 315 g/mol. The summed E-state index contributed by atoms with van der Waals surface area (Å²) in [4.78, 5) is 26.4. The molecule has 1 aliphatic rings. The molecule has 2 rings (SSSR count). The second-order valence-electron chi connectivity index (χ2n) is 5.13. The first-order chi connectivity index (χ1) is 9.49. The number of hydrogen-bond donors (Lipinski definition) is 2. The summed E-state index contributed by atoms with van der Waals surface area (Å²) in [6.45, 7) is 5.42. The Morgan fingerprint density at radius 1 is 1.57 bits per heavy atom. The van der Waals surface area contributed by atoms with Crippen LogP contribution < -0.4 is 10.6 Å². The predicted molar refractivity (Wildman–Crippen MR) is 80.8 cm³/mol. The molecule has 0 saturated carbocycles. The molecule has 2 heterocycles. The molecule has 21 heavy (non-hydrogen) atoms. The first kappa shape index (κ1) is 17.3. The Labute approximate surface area is 129 Å². The van der Waals surface area contributed by atoms with Gasteiger partial charge in [-0.15, -0.1) is 12.4 Å².